The standard InChI is InChI=1S/C24H26N4O/c1-16-6-5-7-23(18(16)3)27-17(2)12-20-8-10-21(11-9-20)13-22-14-24(26-15-25-22)28-19(4)29/h5-11,14-15,27H,2,12-13H2,1,3-4H3,(H,25,26,28,29). The minimum absolute atomic E-state index is 0.145. The molecule has 2 N–H and O–H groups in total. The van der Waals surface area contributed by atoms with Crippen molar-refractivity contribution in [2.24, 2.45) is 0 Å². The zero-order valence-electron chi connectivity index (χ0n) is 17.1. The highest BCUT2D eigenvalue weighted by atomic mass is 16.1. The summed E-state index contributed by atoms with van der Waals surface area (Å²) in [5.41, 5.74) is 7.77. The van der Waals surface area contributed by atoms with Gasteiger partial charge in [-0.05, 0) is 42.2 Å². The van der Waals surface area contributed by atoms with E-state index in [0.717, 1.165) is 29.1 Å². The number of hydrogen-bond donors (Lipinski definition) is 2. The molecule has 2 aromatic carbocycles. The first-order chi connectivity index (χ1) is 13.9. The quantitative estimate of drug-likeness (QED) is 0.611. The predicted octanol–water partition coefficient (Wildman–Crippen LogP) is 4.81. The SMILES string of the molecule is C=C(Cc1ccc(Cc2cc(NC(C)=O)ncn2)cc1)Nc1cccc(C)c1C. The van der Waals surface area contributed by atoms with Crippen LogP contribution >= 0.6 is 0 Å². The summed E-state index contributed by atoms with van der Waals surface area (Å²) < 4.78 is 0. The predicted molar refractivity (Wildman–Crippen MR) is 118 cm³/mol. The molecule has 0 unspecified atom stereocenters. The van der Waals surface area contributed by atoms with Crippen molar-refractivity contribution in [1.29, 1.82) is 0 Å². The van der Waals surface area contributed by atoms with Crippen molar-refractivity contribution in [2.75, 3.05) is 10.6 Å². The summed E-state index contributed by atoms with van der Waals surface area (Å²) in [6.45, 7) is 9.86. The van der Waals surface area contributed by atoms with Crippen molar-refractivity contribution in [1.82, 2.24) is 9.97 Å². The molecule has 0 saturated heterocycles. The molecule has 0 atom stereocenters. The summed E-state index contributed by atoms with van der Waals surface area (Å²) in [7, 11) is 0. The Hall–Kier alpha value is -3.47. The van der Waals surface area contributed by atoms with Crippen molar-refractivity contribution in [2.45, 2.75) is 33.6 Å². The van der Waals surface area contributed by atoms with Gasteiger partial charge in [-0.2, -0.15) is 0 Å². The Kier molecular flexibility index (Phi) is 6.39. The topological polar surface area (TPSA) is 66.9 Å². The largest absolute Gasteiger partial charge is 0.359 e. The third-order valence-corrected chi connectivity index (χ3v) is 4.77. The molecule has 1 heterocycles. The number of carbonyl (C=O) groups excluding carboxylic acids is 1. The van der Waals surface area contributed by atoms with Gasteiger partial charge in [0.25, 0.3) is 0 Å². The van der Waals surface area contributed by atoms with Crippen molar-refractivity contribution in [3.63, 3.8) is 0 Å². The molecule has 148 valence electrons. The number of nitrogens with zero attached hydrogens (tertiary/aromatic N) is 2. The number of anilines is 2. The van der Waals surface area contributed by atoms with Gasteiger partial charge in [-0.15, -0.1) is 0 Å². The molecule has 5 heteroatoms. The molecule has 0 saturated carbocycles. The molecule has 0 fully saturated rings. The smallest absolute Gasteiger partial charge is 0.222 e. The van der Waals surface area contributed by atoms with Crippen molar-refractivity contribution in [3.05, 3.63) is 95.1 Å². The van der Waals surface area contributed by atoms with Crippen molar-refractivity contribution < 1.29 is 4.79 Å². The van der Waals surface area contributed by atoms with E-state index in [1.54, 1.807) is 6.07 Å². The zero-order chi connectivity index (χ0) is 20.8. The highest BCUT2D eigenvalue weighted by Gasteiger charge is 2.05. The van der Waals surface area contributed by atoms with Crippen LogP contribution in [0.3, 0.4) is 0 Å². The molecular formula is C24H26N4O. The number of nitrogens with one attached hydrogen (secondary N) is 2. The van der Waals surface area contributed by atoms with E-state index in [-0.39, 0.29) is 5.91 Å². The Labute approximate surface area is 171 Å². The van der Waals surface area contributed by atoms with Gasteiger partial charge in [0, 0.05) is 37.2 Å². The summed E-state index contributed by atoms with van der Waals surface area (Å²) in [6.07, 6.45) is 2.91. The molecule has 0 aliphatic rings. The molecule has 0 spiro atoms. The maximum absolute atomic E-state index is 11.2. The maximum Gasteiger partial charge on any atom is 0.222 e. The van der Waals surface area contributed by atoms with Gasteiger partial charge >= 0.3 is 0 Å². The molecule has 29 heavy (non-hydrogen) atoms. The summed E-state index contributed by atoms with van der Waals surface area (Å²) in [4.78, 5) is 19.5. The number of aromatic nitrogens is 2. The molecule has 1 aromatic heterocycles. The van der Waals surface area contributed by atoms with Crippen LogP contribution in [0, 0.1) is 13.8 Å². The first-order valence-electron chi connectivity index (χ1n) is 9.58. The molecule has 0 aliphatic heterocycles. The van der Waals surface area contributed by atoms with Gasteiger partial charge in [0.15, 0.2) is 0 Å². The van der Waals surface area contributed by atoms with E-state index in [1.807, 2.05) is 0 Å². The Morgan fingerprint density at radius 2 is 1.72 bits per heavy atom. The third kappa shape index (κ3) is 5.75. The van der Waals surface area contributed by atoms with Gasteiger partial charge in [0.1, 0.15) is 12.1 Å². The second-order valence-corrected chi connectivity index (χ2v) is 7.22. The molecule has 3 aromatic rings. The highest BCUT2D eigenvalue weighted by molar-refractivity contribution is 5.87. The van der Waals surface area contributed by atoms with Crippen LogP contribution in [0.5, 0.6) is 0 Å². The zero-order valence-corrected chi connectivity index (χ0v) is 17.1. The Morgan fingerprint density at radius 1 is 1.00 bits per heavy atom. The third-order valence-electron chi connectivity index (χ3n) is 4.77. The van der Waals surface area contributed by atoms with E-state index < -0.39 is 0 Å². The van der Waals surface area contributed by atoms with Crippen LogP contribution in [0.4, 0.5) is 11.5 Å². The van der Waals surface area contributed by atoms with Gasteiger partial charge in [0.05, 0.1) is 5.69 Å². The lowest BCUT2D eigenvalue weighted by molar-refractivity contribution is -0.114. The first kappa shape index (κ1) is 20.3. The van der Waals surface area contributed by atoms with E-state index in [2.05, 4.69) is 83.5 Å². The normalized spacial score (nSPS) is 10.4. The van der Waals surface area contributed by atoms with Gasteiger partial charge in [-0.1, -0.05) is 43.0 Å². The monoisotopic (exact) mass is 386 g/mol. The second-order valence-electron chi connectivity index (χ2n) is 7.22. The van der Waals surface area contributed by atoms with Crippen LogP contribution in [0.1, 0.15) is 34.9 Å². The minimum atomic E-state index is -0.145. The number of aryl methyl sites for hydroxylation is 1. The fourth-order valence-electron chi connectivity index (χ4n) is 3.09. The van der Waals surface area contributed by atoms with Crippen molar-refractivity contribution in [3.8, 4) is 0 Å². The van der Waals surface area contributed by atoms with E-state index in [1.165, 1.54) is 29.9 Å². The van der Waals surface area contributed by atoms with Gasteiger partial charge in [0.2, 0.25) is 5.91 Å². The maximum atomic E-state index is 11.2. The van der Waals surface area contributed by atoms with Crippen molar-refractivity contribution >= 4 is 17.4 Å². The number of allylic oxidation sites excluding steroid dienone is 1. The lowest BCUT2D eigenvalue weighted by atomic mass is 10.0. The Balaban J connectivity index is 1.61. The van der Waals surface area contributed by atoms with Gasteiger partial charge in [-0.3, -0.25) is 4.79 Å². The summed E-state index contributed by atoms with van der Waals surface area (Å²) in [5, 5.41) is 6.11. The fourth-order valence-corrected chi connectivity index (χ4v) is 3.09. The van der Waals surface area contributed by atoms with E-state index >= 15 is 0 Å². The second kappa shape index (κ2) is 9.15. The average Bonchev–Trinajstić information content (AvgIpc) is 2.67. The van der Waals surface area contributed by atoms with Crippen LogP contribution in [-0.2, 0) is 17.6 Å². The molecule has 0 bridgehead atoms. The molecule has 3 rings (SSSR count). The molecule has 5 nitrogen and oxygen atoms in total. The van der Waals surface area contributed by atoms with E-state index in [9.17, 15) is 4.79 Å². The number of hydrogen-bond acceptors (Lipinski definition) is 4. The minimum Gasteiger partial charge on any atom is -0.359 e. The van der Waals surface area contributed by atoms with Crippen LogP contribution in [0.15, 0.2) is 67.1 Å². The number of amides is 1. The van der Waals surface area contributed by atoms with E-state index in [4.69, 9.17) is 0 Å². The molecule has 1 amide bonds. The molecular weight excluding hydrogens is 360 g/mol. The fraction of sp³-hybridized carbons (Fsp3) is 0.208. The molecule has 0 aliphatic carbocycles. The van der Waals surface area contributed by atoms with Gasteiger partial charge in [-0.25, -0.2) is 9.97 Å². The summed E-state index contributed by atoms with van der Waals surface area (Å²) >= 11 is 0. The lowest BCUT2D eigenvalue weighted by Gasteiger charge is -2.14. The Bertz CT molecular complexity index is 1030. The number of rotatable bonds is 7. The summed E-state index contributed by atoms with van der Waals surface area (Å²) in [5.74, 6) is 0.377. The molecule has 0 radical (unpaired) electrons. The first-order valence-corrected chi connectivity index (χ1v) is 9.58. The number of carbonyl (C=O) groups is 1. The van der Waals surface area contributed by atoms with Crippen LogP contribution in [0.25, 0.3) is 0 Å². The summed E-state index contributed by atoms with van der Waals surface area (Å²) in [6, 6.07) is 16.5. The lowest BCUT2D eigenvalue weighted by Crippen LogP contribution is -2.08. The average molecular weight is 386 g/mol. The Morgan fingerprint density at radius 3 is 2.45 bits per heavy atom. The van der Waals surface area contributed by atoms with Crippen LogP contribution in [0.2, 0.25) is 0 Å². The number of benzene rings is 2. The highest BCUT2D eigenvalue weighted by Crippen LogP contribution is 2.21. The van der Waals surface area contributed by atoms with E-state index in [0.29, 0.717) is 12.2 Å². The van der Waals surface area contributed by atoms with Crippen LogP contribution < -0.4 is 10.6 Å². The van der Waals surface area contributed by atoms with Gasteiger partial charge < -0.3 is 10.6 Å². The van der Waals surface area contributed by atoms with Crippen LogP contribution in [-0.4, -0.2) is 15.9 Å².